The average Bonchev–Trinajstić information content (AvgIpc) is 2.74. The molecule has 0 aliphatic heterocycles. The number of rotatable bonds is 6. The molecule has 166 valence electrons. The smallest absolute Gasteiger partial charge is 0.335 e. The van der Waals surface area contributed by atoms with Gasteiger partial charge in [-0.05, 0) is 41.0 Å². The van der Waals surface area contributed by atoms with E-state index >= 15 is 0 Å². The van der Waals surface area contributed by atoms with Crippen molar-refractivity contribution in [1.82, 2.24) is 4.90 Å². The van der Waals surface area contributed by atoms with Gasteiger partial charge in [-0.2, -0.15) is 0 Å². The molecule has 0 heterocycles. The number of hydrogen-bond acceptors (Lipinski definition) is 5. The third-order valence-corrected chi connectivity index (χ3v) is 6.77. The number of carbonyl (C=O) groups is 2. The molecule has 0 bridgehead atoms. The maximum atomic E-state index is 13.2. The first-order valence-electron chi connectivity index (χ1n) is 9.40. The van der Waals surface area contributed by atoms with Gasteiger partial charge in [-0.15, -0.1) is 0 Å². The summed E-state index contributed by atoms with van der Waals surface area (Å²) in [4.78, 5) is 24.7. The molecule has 7 nitrogen and oxygen atoms in total. The van der Waals surface area contributed by atoms with Gasteiger partial charge in [-0.25, -0.2) is 13.2 Å². The number of halogens is 1. The molecule has 0 aliphatic rings. The quantitative estimate of drug-likeness (QED) is 0.557. The third-order valence-electron chi connectivity index (χ3n) is 4.80. The van der Waals surface area contributed by atoms with Gasteiger partial charge in [-0.1, -0.05) is 48.0 Å². The summed E-state index contributed by atoms with van der Waals surface area (Å²) < 4.78 is 26.4. The van der Waals surface area contributed by atoms with Gasteiger partial charge in [0.25, 0.3) is 5.91 Å². The van der Waals surface area contributed by atoms with Crippen LogP contribution >= 0.6 is 11.6 Å². The molecule has 2 N–H and O–H groups in total. The number of hydrogen-bond donors (Lipinski definition) is 2. The summed E-state index contributed by atoms with van der Waals surface area (Å²) in [5.41, 5.74) is 1.26. The highest BCUT2D eigenvalue weighted by Gasteiger charge is 2.26. The van der Waals surface area contributed by atoms with Crippen molar-refractivity contribution >= 4 is 33.3 Å². The Morgan fingerprint density at radius 2 is 1.62 bits per heavy atom. The molecule has 9 heteroatoms. The molecular weight excluding hydrogens is 454 g/mol. The van der Waals surface area contributed by atoms with Crippen molar-refractivity contribution in [2.45, 2.75) is 10.6 Å². The van der Waals surface area contributed by atoms with E-state index in [1.807, 2.05) is 30.3 Å². The van der Waals surface area contributed by atoms with Crippen LogP contribution < -0.4 is 0 Å². The molecule has 0 atom stereocenters. The van der Waals surface area contributed by atoms with E-state index in [1.54, 1.807) is 6.07 Å². The van der Waals surface area contributed by atoms with Crippen LogP contribution in [0.15, 0.2) is 65.6 Å². The van der Waals surface area contributed by atoms with Gasteiger partial charge in [-0.3, -0.25) is 4.79 Å². The predicted octanol–water partition coefficient (Wildman–Crippen LogP) is 4.09. The zero-order valence-corrected chi connectivity index (χ0v) is 18.8. The first kappa shape index (κ1) is 23.3. The lowest BCUT2D eigenvalue weighted by Crippen LogP contribution is -2.22. The molecular formula is C23H20ClNO6S. The Bertz CT molecular complexity index is 1300. The van der Waals surface area contributed by atoms with Crippen LogP contribution in [-0.4, -0.2) is 49.5 Å². The maximum absolute atomic E-state index is 13.2. The Hall–Kier alpha value is -3.36. The molecule has 1 amide bonds. The Morgan fingerprint density at radius 1 is 0.969 bits per heavy atom. The fourth-order valence-electron chi connectivity index (χ4n) is 3.21. The second kappa shape index (κ2) is 9.02. The molecule has 3 aromatic rings. The van der Waals surface area contributed by atoms with Gasteiger partial charge in [0.1, 0.15) is 4.90 Å². The second-order valence-electron chi connectivity index (χ2n) is 7.31. The zero-order chi connectivity index (χ0) is 23.6. The summed E-state index contributed by atoms with van der Waals surface area (Å²) in [6.45, 7) is 0. The van der Waals surface area contributed by atoms with E-state index in [1.165, 1.54) is 37.2 Å². The highest BCUT2D eigenvalue weighted by atomic mass is 35.5. The summed E-state index contributed by atoms with van der Waals surface area (Å²) in [5.74, 6) is -3.19. The van der Waals surface area contributed by atoms with Crippen LogP contribution in [-0.2, 0) is 15.6 Å². The molecule has 0 aromatic heterocycles. The summed E-state index contributed by atoms with van der Waals surface area (Å²) in [5, 5.41) is 19.6. The summed E-state index contributed by atoms with van der Waals surface area (Å²) in [7, 11) is -1.29. The number of carboxylic acid groups (broad SMARTS) is 1. The molecule has 3 rings (SSSR count). The lowest BCUT2D eigenvalue weighted by Gasteiger charge is -2.15. The standard InChI is InChI=1S/C23H20ClNO6S/c1-25(2)22(27)16-11-19(24)21(26)20(12-16)32(30,31)13-17-10-15(8-9-18(17)23(28)29)14-6-4-3-5-7-14/h3-12,26H,13H2,1-2H3,(H,28,29). The van der Waals surface area contributed by atoms with E-state index in [0.717, 1.165) is 11.6 Å². The number of sulfone groups is 1. The zero-order valence-electron chi connectivity index (χ0n) is 17.2. The van der Waals surface area contributed by atoms with Gasteiger partial charge in [0, 0.05) is 19.7 Å². The molecule has 0 spiro atoms. The number of aromatic carboxylic acids is 1. The van der Waals surface area contributed by atoms with Crippen molar-refractivity contribution < 1.29 is 28.2 Å². The maximum Gasteiger partial charge on any atom is 0.335 e. The minimum atomic E-state index is -4.27. The van der Waals surface area contributed by atoms with Crippen molar-refractivity contribution in [3.8, 4) is 16.9 Å². The average molecular weight is 474 g/mol. The van der Waals surface area contributed by atoms with Crippen molar-refractivity contribution in [1.29, 1.82) is 0 Å². The van der Waals surface area contributed by atoms with E-state index in [2.05, 4.69) is 0 Å². The Labute approximate surface area is 190 Å². The fraction of sp³-hybridized carbons (Fsp3) is 0.130. The normalized spacial score (nSPS) is 11.2. The van der Waals surface area contributed by atoms with Crippen LogP contribution in [0.25, 0.3) is 11.1 Å². The molecule has 3 aromatic carbocycles. The molecule has 0 saturated carbocycles. The minimum Gasteiger partial charge on any atom is -0.505 e. The predicted molar refractivity (Wildman–Crippen MR) is 121 cm³/mol. The van der Waals surface area contributed by atoms with Crippen LogP contribution in [0.3, 0.4) is 0 Å². The SMILES string of the molecule is CN(C)C(=O)c1cc(Cl)c(O)c(S(=O)(=O)Cc2cc(-c3ccccc3)ccc2C(=O)O)c1. The number of carbonyl (C=O) groups excluding carboxylic acids is 1. The number of nitrogens with zero attached hydrogens (tertiary/aromatic N) is 1. The Balaban J connectivity index is 2.12. The molecule has 0 saturated heterocycles. The topological polar surface area (TPSA) is 112 Å². The minimum absolute atomic E-state index is 0.0205. The van der Waals surface area contributed by atoms with Crippen LogP contribution in [0.4, 0.5) is 0 Å². The molecule has 0 radical (unpaired) electrons. The lowest BCUT2D eigenvalue weighted by atomic mass is 10.00. The van der Waals surface area contributed by atoms with E-state index in [0.29, 0.717) is 5.56 Å². The van der Waals surface area contributed by atoms with Crippen molar-refractivity contribution in [2.75, 3.05) is 14.1 Å². The van der Waals surface area contributed by atoms with Crippen LogP contribution in [0, 0.1) is 0 Å². The third kappa shape index (κ3) is 4.76. The van der Waals surface area contributed by atoms with Crippen molar-refractivity contribution in [3.05, 3.63) is 82.4 Å². The molecule has 0 unspecified atom stereocenters. The summed E-state index contributed by atoms with van der Waals surface area (Å²) in [6.07, 6.45) is 0. The lowest BCUT2D eigenvalue weighted by molar-refractivity contribution is 0.0695. The summed E-state index contributed by atoms with van der Waals surface area (Å²) in [6, 6.07) is 15.7. The number of phenols is 1. The van der Waals surface area contributed by atoms with E-state index in [-0.39, 0.29) is 21.7 Å². The largest absolute Gasteiger partial charge is 0.505 e. The molecule has 0 aliphatic carbocycles. The van der Waals surface area contributed by atoms with E-state index in [9.17, 15) is 28.2 Å². The van der Waals surface area contributed by atoms with E-state index < -0.39 is 38.1 Å². The first-order chi connectivity index (χ1) is 15.0. The second-order valence-corrected chi connectivity index (χ2v) is 9.67. The summed E-state index contributed by atoms with van der Waals surface area (Å²) >= 11 is 5.98. The number of amides is 1. The number of aromatic hydroxyl groups is 1. The highest BCUT2D eigenvalue weighted by molar-refractivity contribution is 7.90. The Morgan fingerprint density at radius 3 is 2.22 bits per heavy atom. The van der Waals surface area contributed by atoms with Crippen LogP contribution in [0.1, 0.15) is 26.3 Å². The van der Waals surface area contributed by atoms with Crippen molar-refractivity contribution in [2.24, 2.45) is 0 Å². The van der Waals surface area contributed by atoms with E-state index in [4.69, 9.17) is 11.6 Å². The van der Waals surface area contributed by atoms with Gasteiger partial charge in [0.2, 0.25) is 0 Å². The Kier molecular flexibility index (Phi) is 6.57. The fourth-order valence-corrected chi connectivity index (χ4v) is 5.00. The van der Waals surface area contributed by atoms with Crippen LogP contribution in [0.2, 0.25) is 5.02 Å². The van der Waals surface area contributed by atoms with Gasteiger partial charge < -0.3 is 15.1 Å². The number of phenolic OH excluding ortho intramolecular Hbond substituents is 1. The van der Waals surface area contributed by atoms with Gasteiger partial charge in [0.15, 0.2) is 15.6 Å². The first-order valence-corrected chi connectivity index (χ1v) is 11.4. The number of benzene rings is 3. The highest BCUT2D eigenvalue weighted by Crippen LogP contribution is 2.35. The monoisotopic (exact) mass is 473 g/mol. The number of carboxylic acids is 1. The molecule has 0 fully saturated rings. The molecule has 32 heavy (non-hydrogen) atoms. The van der Waals surface area contributed by atoms with Gasteiger partial charge >= 0.3 is 5.97 Å². The van der Waals surface area contributed by atoms with Crippen molar-refractivity contribution in [3.63, 3.8) is 0 Å². The van der Waals surface area contributed by atoms with Gasteiger partial charge in [0.05, 0.1) is 16.3 Å². The van der Waals surface area contributed by atoms with Crippen LogP contribution in [0.5, 0.6) is 5.75 Å².